The molecule has 1 unspecified atom stereocenters. The maximum atomic E-state index is 10.4. The van der Waals surface area contributed by atoms with Crippen LogP contribution in [-0.4, -0.2) is 22.4 Å². The summed E-state index contributed by atoms with van der Waals surface area (Å²) in [4.78, 5) is 0. The molecular weight excluding hydrogens is 228 g/mol. The Morgan fingerprint density at radius 1 is 1.17 bits per heavy atom. The Hall–Kier alpha value is -1.94. The second-order valence-corrected chi connectivity index (χ2v) is 4.21. The van der Waals surface area contributed by atoms with Crippen LogP contribution in [0, 0.1) is 13.8 Å². The zero-order chi connectivity index (χ0) is 13.1. The summed E-state index contributed by atoms with van der Waals surface area (Å²) in [6, 6.07) is 9.24. The van der Waals surface area contributed by atoms with Crippen LogP contribution in [0.5, 0.6) is 5.75 Å². The molecule has 0 saturated heterocycles. The third-order valence-corrected chi connectivity index (χ3v) is 2.84. The Morgan fingerprint density at radius 3 is 2.67 bits per heavy atom. The molecule has 0 spiro atoms. The summed E-state index contributed by atoms with van der Waals surface area (Å²) in [7, 11) is 1.61. The zero-order valence-corrected chi connectivity index (χ0v) is 10.7. The van der Waals surface area contributed by atoms with Gasteiger partial charge in [0.25, 0.3) is 0 Å². The summed E-state index contributed by atoms with van der Waals surface area (Å²) >= 11 is 0. The second kappa shape index (κ2) is 5.14. The van der Waals surface area contributed by atoms with Gasteiger partial charge in [-0.2, -0.15) is 10.2 Å². The normalized spacial score (nSPS) is 12.2. The third kappa shape index (κ3) is 2.49. The summed E-state index contributed by atoms with van der Waals surface area (Å²) < 4.78 is 5.16. The van der Waals surface area contributed by atoms with Crippen LogP contribution < -0.4 is 4.74 Å². The molecule has 0 amide bonds. The summed E-state index contributed by atoms with van der Waals surface area (Å²) in [6.07, 6.45) is -0.714. The average molecular weight is 244 g/mol. The minimum absolute atomic E-state index is 0.714. The summed E-state index contributed by atoms with van der Waals surface area (Å²) in [6.45, 7) is 3.69. The van der Waals surface area contributed by atoms with Gasteiger partial charge in [0.15, 0.2) is 0 Å². The number of hydrogen-bond donors (Lipinski definition) is 1. The van der Waals surface area contributed by atoms with E-state index in [0.29, 0.717) is 0 Å². The smallest absolute Gasteiger partial charge is 0.119 e. The molecule has 0 saturated carbocycles. The summed E-state index contributed by atoms with van der Waals surface area (Å²) in [5.74, 6) is 0.725. The largest absolute Gasteiger partial charge is 0.497 e. The maximum absolute atomic E-state index is 10.4. The van der Waals surface area contributed by atoms with E-state index in [-0.39, 0.29) is 0 Å². The average Bonchev–Trinajstić information content (AvgIpc) is 2.41. The van der Waals surface area contributed by atoms with Crippen molar-refractivity contribution in [2.45, 2.75) is 20.0 Å². The minimum Gasteiger partial charge on any atom is -0.497 e. The van der Waals surface area contributed by atoms with Gasteiger partial charge in [0.1, 0.15) is 11.9 Å². The van der Waals surface area contributed by atoms with Crippen molar-refractivity contribution >= 4 is 0 Å². The highest BCUT2D eigenvalue weighted by Gasteiger charge is 2.15. The Kier molecular flexibility index (Phi) is 3.58. The number of aliphatic hydroxyl groups is 1. The van der Waals surface area contributed by atoms with Crippen molar-refractivity contribution in [2.75, 3.05) is 7.11 Å². The van der Waals surface area contributed by atoms with Crippen molar-refractivity contribution < 1.29 is 9.84 Å². The summed E-state index contributed by atoms with van der Waals surface area (Å²) in [5.41, 5.74) is 3.08. The van der Waals surface area contributed by atoms with E-state index < -0.39 is 6.10 Å². The SMILES string of the molecule is COc1cccc(C(O)c2cc(C)nnc2C)c1. The molecule has 94 valence electrons. The van der Waals surface area contributed by atoms with E-state index in [2.05, 4.69) is 10.2 Å². The molecule has 1 atom stereocenters. The highest BCUT2D eigenvalue weighted by atomic mass is 16.5. The monoisotopic (exact) mass is 244 g/mol. The van der Waals surface area contributed by atoms with E-state index in [4.69, 9.17) is 4.74 Å². The number of methoxy groups -OCH3 is 1. The molecule has 2 rings (SSSR count). The second-order valence-electron chi connectivity index (χ2n) is 4.21. The van der Waals surface area contributed by atoms with E-state index in [0.717, 1.165) is 28.3 Å². The predicted molar refractivity (Wildman–Crippen MR) is 68.6 cm³/mol. The fraction of sp³-hybridized carbons (Fsp3) is 0.286. The molecule has 18 heavy (non-hydrogen) atoms. The van der Waals surface area contributed by atoms with E-state index >= 15 is 0 Å². The molecular formula is C14H16N2O2. The first-order valence-electron chi connectivity index (χ1n) is 5.74. The number of hydrogen-bond acceptors (Lipinski definition) is 4. The van der Waals surface area contributed by atoms with E-state index in [1.165, 1.54) is 0 Å². The van der Waals surface area contributed by atoms with Gasteiger partial charge in [0.2, 0.25) is 0 Å². The Labute approximate surface area is 106 Å². The molecule has 2 aromatic rings. The van der Waals surface area contributed by atoms with Gasteiger partial charge in [-0.25, -0.2) is 0 Å². The van der Waals surface area contributed by atoms with Gasteiger partial charge in [-0.05, 0) is 37.6 Å². The van der Waals surface area contributed by atoms with E-state index in [1.807, 2.05) is 44.2 Å². The van der Waals surface area contributed by atoms with Gasteiger partial charge in [0, 0.05) is 5.56 Å². The molecule has 1 aromatic heterocycles. The lowest BCUT2D eigenvalue weighted by atomic mass is 10.0. The molecule has 4 heteroatoms. The number of ether oxygens (including phenoxy) is 1. The molecule has 1 aromatic carbocycles. The van der Waals surface area contributed by atoms with Gasteiger partial charge in [-0.1, -0.05) is 12.1 Å². The fourth-order valence-corrected chi connectivity index (χ4v) is 1.84. The number of aryl methyl sites for hydroxylation is 2. The lowest BCUT2D eigenvalue weighted by Gasteiger charge is -2.14. The highest BCUT2D eigenvalue weighted by Crippen LogP contribution is 2.26. The minimum atomic E-state index is -0.714. The van der Waals surface area contributed by atoms with Gasteiger partial charge >= 0.3 is 0 Å². The lowest BCUT2D eigenvalue weighted by molar-refractivity contribution is 0.218. The van der Waals surface area contributed by atoms with Crippen molar-refractivity contribution in [2.24, 2.45) is 0 Å². The fourth-order valence-electron chi connectivity index (χ4n) is 1.84. The van der Waals surface area contributed by atoms with Gasteiger partial charge < -0.3 is 9.84 Å². The molecule has 4 nitrogen and oxygen atoms in total. The quantitative estimate of drug-likeness (QED) is 0.899. The Morgan fingerprint density at radius 2 is 1.94 bits per heavy atom. The zero-order valence-electron chi connectivity index (χ0n) is 10.7. The summed E-state index contributed by atoms with van der Waals surface area (Å²) in [5, 5.41) is 18.4. The maximum Gasteiger partial charge on any atom is 0.119 e. The number of benzene rings is 1. The van der Waals surface area contributed by atoms with E-state index in [9.17, 15) is 5.11 Å². The first-order valence-corrected chi connectivity index (χ1v) is 5.74. The third-order valence-electron chi connectivity index (χ3n) is 2.84. The van der Waals surface area contributed by atoms with Crippen LogP contribution in [0.4, 0.5) is 0 Å². The number of rotatable bonds is 3. The Bertz CT molecular complexity index is 555. The van der Waals surface area contributed by atoms with Crippen molar-refractivity contribution in [3.8, 4) is 5.75 Å². The van der Waals surface area contributed by atoms with Crippen LogP contribution in [0.3, 0.4) is 0 Å². The van der Waals surface area contributed by atoms with E-state index in [1.54, 1.807) is 7.11 Å². The molecule has 1 N–H and O–H groups in total. The number of aliphatic hydroxyl groups excluding tert-OH is 1. The first-order chi connectivity index (χ1) is 8.61. The van der Waals surface area contributed by atoms with Crippen molar-refractivity contribution in [3.05, 3.63) is 52.8 Å². The molecule has 0 bridgehead atoms. The van der Waals surface area contributed by atoms with Gasteiger partial charge in [-0.15, -0.1) is 0 Å². The van der Waals surface area contributed by atoms with Crippen LogP contribution in [-0.2, 0) is 0 Å². The molecule has 0 fully saturated rings. The predicted octanol–water partition coefficient (Wildman–Crippen LogP) is 2.18. The Balaban J connectivity index is 2.40. The van der Waals surface area contributed by atoms with Crippen molar-refractivity contribution in [1.82, 2.24) is 10.2 Å². The van der Waals surface area contributed by atoms with Crippen LogP contribution in [0.25, 0.3) is 0 Å². The molecule has 0 aliphatic carbocycles. The van der Waals surface area contributed by atoms with Crippen molar-refractivity contribution in [3.63, 3.8) is 0 Å². The van der Waals surface area contributed by atoms with Crippen LogP contribution in [0.15, 0.2) is 30.3 Å². The van der Waals surface area contributed by atoms with Gasteiger partial charge in [-0.3, -0.25) is 0 Å². The topological polar surface area (TPSA) is 55.2 Å². The van der Waals surface area contributed by atoms with Gasteiger partial charge in [0.05, 0.1) is 18.5 Å². The van der Waals surface area contributed by atoms with Crippen LogP contribution in [0.1, 0.15) is 28.6 Å². The molecule has 0 aliphatic rings. The molecule has 1 heterocycles. The first kappa shape index (κ1) is 12.5. The van der Waals surface area contributed by atoms with Crippen molar-refractivity contribution in [1.29, 1.82) is 0 Å². The highest BCUT2D eigenvalue weighted by molar-refractivity contribution is 5.36. The number of nitrogens with zero attached hydrogens (tertiary/aromatic N) is 2. The van der Waals surface area contributed by atoms with Crippen LogP contribution in [0.2, 0.25) is 0 Å². The molecule has 0 radical (unpaired) electrons. The standard InChI is InChI=1S/C14H16N2O2/c1-9-7-13(10(2)16-15-9)14(17)11-5-4-6-12(8-11)18-3/h4-8,14,17H,1-3H3. The number of aromatic nitrogens is 2. The molecule has 0 aliphatic heterocycles. The van der Waals surface area contributed by atoms with Crippen LogP contribution >= 0.6 is 0 Å². The lowest BCUT2D eigenvalue weighted by Crippen LogP contribution is -2.05.